The zero-order valence-corrected chi connectivity index (χ0v) is 16.3. The van der Waals surface area contributed by atoms with Crippen LogP contribution in [0.5, 0.6) is 5.75 Å². The fraction of sp³-hybridized carbons (Fsp3) is 0.700. The van der Waals surface area contributed by atoms with Gasteiger partial charge in [-0.05, 0) is 30.7 Å². The SMILES string of the molecule is CCCCCCCCCSc1c(OC2CCCO2)cccc1C(F)(F)F. The molecule has 0 aliphatic carbocycles. The molecule has 1 unspecified atom stereocenters. The first kappa shape index (κ1) is 21.4. The van der Waals surface area contributed by atoms with E-state index in [1.54, 1.807) is 6.07 Å². The lowest BCUT2D eigenvalue weighted by Crippen LogP contribution is -2.16. The first-order valence-electron chi connectivity index (χ1n) is 9.63. The predicted octanol–water partition coefficient (Wildman–Crippen LogP) is 7.06. The van der Waals surface area contributed by atoms with Gasteiger partial charge in [-0.2, -0.15) is 13.2 Å². The van der Waals surface area contributed by atoms with E-state index in [2.05, 4.69) is 6.92 Å². The maximum atomic E-state index is 13.4. The highest BCUT2D eigenvalue weighted by atomic mass is 32.2. The lowest BCUT2D eigenvalue weighted by molar-refractivity contribution is -0.140. The maximum Gasteiger partial charge on any atom is 0.417 e. The van der Waals surface area contributed by atoms with Gasteiger partial charge in [-0.3, -0.25) is 0 Å². The minimum Gasteiger partial charge on any atom is -0.464 e. The van der Waals surface area contributed by atoms with Crippen molar-refractivity contribution in [2.75, 3.05) is 12.4 Å². The van der Waals surface area contributed by atoms with Crippen molar-refractivity contribution < 1.29 is 22.6 Å². The number of hydrogen-bond donors (Lipinski definition) is 0. The number of alkyl halides is 3. The van der Waals surface area contributed by atoms with Crippen LogP contribution >= 0.6 is 11.8 Å². The van der Waals surface area contributed by atoms with Gasteiger partial charge in [0.1, 0.15) is 5.75 Å². The number of ether oxygens (including phenoxy) is 2. The highest BCUT2D eigenvalue weighted by Gasteiger charge is 2.35. The molecule has 0 radical (unpaired) electrons. The molecular weight excluding hydrogens is 361 g/mol. The van der Waals surface area contributed by atoms with Crippen molar-refractivity contribution in [3.63, 3.8) is 0 Å². The second-order valence-electron chi connectivity index (χ2n) is 6.66. The first-order chi connectivity index (χ1) is 12.5. The van der Waals surface area contributed by atoms with Gasteiger partial charge in [-0.15, -0.1) is 11.8 Å². The van der Waals surface area contributed by atoms with E-state index in [9.17, 15) is 13.2 Å². The molecule has 1 atom stereocenters. The number of unbranched alkanes of at least 4 members (excludes halogenated alkanes) is 6. The Hall–Kier alpha value is -0.880. The molecule has 0 aromatic heterocycles. The van der Waals surface area contributed by atoms with Crippen LogP contribution in [0.25, 0.3) is 0 Å². The van der Waals surface area contributed by atoms with Gasteiger partial charge in [0, 0.05) is 6.42 Å². The summed E-state index contributed by atoms with van der Waals surface area (Å²) in [6.07, 6.45) is 4.87. The van der Waals surface area contributed by atoms with E-state index in [0.717, 1.165) is 38.2 Å². The van der Waals surface area contributed by atoms with E-state index < -0.39 is 18.0 Å². The maximum absolute atomic E-state index is 13.4. The Balaban J connectivity index is 1.92. The summed E-state index contributed by atoms with van der Waals surface area (Å²) >= 11 is 1.25. The molecule has 1 saturated heterocycles. The molecule has 1 fully saturated rings. The van der Waals surface area contributed by atoms with Crippen LogP contribution in [0.1, 0.15) is 70.3 Å². The van der Waals surface area contributed by atoms with Gasteiger partial charge in [0.2, 0.25) is 0 Å². The summed E-state index contributed by atoms with van der Waals surface area (Å²) in [5.41, 5.74) is -0.610. The van der Waals surface area contributed by atoms with Crippen molar-refractivity contribution in [1.29, 1.82) is 0 Å². The van der Waals surface area contributed by atoms with Crippen LogP contribution in [0, 0.1) is 0 Å². The number of thioether (sulfide) groups is 1. The Morgan fingerprint density at radius 1 is 1.12 bits per heavy atom. The quantitative estimate of drug-likeness (QED) is 0.297. The fourth-order valence-corrected chi connectivity index (χ4v) is 4.15. The van der Waals surface area contributed by atoms with E-state index in [1.807, 2.05) is 0 Å². The third kappa shape index (κ3) is 7.03. The lowest BCUT2D eigenvalue weighted by Gasteiger charge is -2.19. The molecule has 2 rings (SSSR count). The van der Waals surface area contributed by atoms with Crippen LogP contribution in [0.3, 0.4) is 0 Å². The minimum atomic E-state index is -4.38. The molecular formula is C20H29F3O2S. The Morgan fingerprint density at radius 3 is 2.50 bits per heavy atom. The van der Waals surface area contributed by atoms with Gasteiger partial charge in [-0.25, -0.2) is 0 Å². The molecule has 1 aromatic carbocycles. The van der Waals surface area contributed by atoms with Gasteiger partial charge in [0.25, 0.3) is 0 Å². The topological polar surface area (TPSA) is 18.5 Å². The largest absolute Gasteiger partial charge is 0.464 e. The number of halogens is 3. The van der Waals surface area contributed by atoms with E-state index in [-0.39, 0.29) is 4.90 Å². The van der Waals surface area contributed by atoms with Gasteiger partial charge in [0.05, 0.1) is 17.1 Å². The molecule has 0 bridgehead atoms. The standard InChI is InChI=1S/C20H29F3O2S/c1-2-3-4-5-6-7-8-15-26-19-16(20(21,22)23)11-9-12-17(19)25-18-13-10-14-24-18/h9,11-12,18H,2-8,10,13-15H2,1H3. The normalized spacial score (nSPS) is 17.6. The summed E-state index contributed by atoms with van der Waals surface area (Å²) in [4.78, 5) is 0.196. The average molecular weight is 391 g/mol. The molecule has 26 heavy (non-hydrogen) atoms. The molecule has 1 aromatic rings. The van der Waals surface area contributed by atoms with E-state index >= 15 is 0 Å². The average Bonchev–Trinajstić information content (AvgIpc) is 3.10. The monoisotopic (exact) mass is 390 g/mol. The summed E-state index contributed by atoms with van der Waals surface area (Å²) in [6, 6.07) is 4.16. The van der Waals surface area contributed by atoms with Crippen molar-refractivity contribution in [2.24, 2.45) is 0 Å². The van der Waals surface area contributed by atoms with Crippen molar-refractivity contribution >= 4 is 11.8 Å². The third-order valence-electron chi connectivity index (χ3n) is 4.42. The molecule has 0 amide bonds. The van der Waals surface area contributed by atoms with Gasteiger partial charge in [0.15, 0.2) is 6.29 Å². The van der Waals surface area contributed by atoms with Gasteiger partial charge < -0.3 is 9.47 Å². The van der Waals surface area contributed by atoms with Crippen molar-refractivity contribution in [3.05, 3.63) is 23.8 Å². The third-order valence-corrected chi connectivity index (χ3v) is 5.63. The van der Waals surface area contributed by atoms with Crippen molar-refractivity contribution in [3.8, 4) is 5.75 Å². The summed E-state index contributed by atoms with van der Waals surface area (Å²) in [5.74, 6) is 0.961. The molecule has 1 heterocycles. The molecule has 2 nitrogen and oxygen atoms in total. The molecule has 1 aliphatic heterocycles. The van der Waals surface area contributed by atoms with Crippen molar-refractivity contribution in [1.82, 2.24) is 0 Å². The Morgan fingerprint density at radius 2 is 1.85 bits per heavy atom. The van der Waals surface area contributed by atoms with Crippen LogP contribution in [0.15, 0.2) is 23.1 Å². The Labute approximate surface area is 158 Å². The Bertz CT molecular complexity index is 528. The van der Waals surface area contributed by atoms with Crippen molar-refractivity contribution in [2.45, 2.75) is 82.1 Å². The molecule has 0 saturated carbocycles. The van der Waals surface area contributed by atoms with Crippen LogP contribution in [-0.4, -0.2) is 18.6 Å². The van der Waals surface area contributed by atoms with E-state index in [0.29, 0.717) is 18.1 Å². The second kappa shape index (κ2) is 11.1. The molecule has 0 N–H and O–H groups in total. The molecule has 0 spiro atoms. The van der Waals surface area contributed by atoms with Crippen LogP contribution < -0.4 is 4.74 Å². The second-order valence-corrected chi connectivity index (χ2v) is 7.77. The van der Waals surface area contributed by atoms with E-state index in [1.165, 1.54) is 43.5 Å². The summed E-state index contributed by atoms with van der Waals surface area (Å²) in [7, 11) is 0. The predicted molar refractivity (Wildman–Crippen MR) is 99.8 cm³/mol. The van der Waals surface area contributed by atoms with Gasteiger partial charge >= 0.3 is 6.18 Å². The summed E-state index contributed by atoms with van der Waals surface area (Å²) < 4.78 is 51.3. The van der Waals surface area contributed by atoms with Gasteiger partial charge in [-0.1, -0.05) is 51.5 Å². The fourth-order valence-electron chi connectivity index (χ4n) is 3.00. The van der Waals surface area contributed by atoms with Crippen LogP contribution in [0.2, 0.25) is 0 Å². The number of benzene rings is 1. The summed E-state index contributed by atoms with van der Waals surface area (Å²) in [5, 5.41) is 0. The first-order valence-corrected chi connectivity index (χ1v) is 10.6. The smallest absolute Gasteiger partial charge is 0.417 e. The lowest BCUT2D eigenvalue weighted by atomic mass is 10.1. The van der Waals surface area contributed by atoms with E-state index in [4.69, 9.17) is 9.47 Å². The Kier molecular flexibility index (Phi) is 9.12. The zero-order chi connectivity index (χ0) is 18.8. The number of hydrogen-bond acceptors (Lipinski definition) is 3. The summed E-state index contributed by atoms with van der Waals surface area (Å²) in [6.45, 7) is 2.79. The molecule has 148 valence electrons. The van der Waals surface area contributed by atoms with Crippen LogP contribution in [-0.2, 0) is 10.9 Å². The van der Waals surface area contributed by atoms with Crippen LogP contribution in [0.4, 0.5) is 13.2 Å². The number of rotatable bonds is 11. The zero-order valence-electron chi connectivity index (χ0n) is 15.4. The molecule has 6 heteroatoms. The highest BCUT2D eigenvalue weighted by Crippen LogP contribution is 2.42. The highest BCUT2D eigenvalue weighted by molar-refractivity contribution is 7.99. The minimum absolute atomic E-state index is 0.196. The molecule has 1 aliphatic rings.